The zero-order chi connectivity index (χ0) is 17.6. The number of aryl methyl sites for hydroxylation is 1. The van der Waals surface area contributed by atoms with Crippen molar-refractivity contribution < 1.29 is 17.6 Å². The number of hydrogen-bond donors (Lipinski definition) is 0. The predicted octanol–water partition coefficient (Wildman–Crippen LogP) is 1.69. The van der Waals surface area contributed by atoms with Gasteiger partial charge in [-0.1, -0.05) is 18.2 Å². The Hall–Kier alpha value is -1.86. The lowest BCUT2D eigenvalue weighted by atomic mass is 10.1. The number of amides is 1. The second-order valence-corrected chi connectivity index (χ2v) is 9.17. The zero-order valence-corrected chi connectivity index (χ0v) is 15.1. The van der Waals surface area contributed by atoms with E-state index in [-0.39, 0.29) is 23.5 Å². The SMILES string of the molecule is Cc1c(C(=O)N2CCN([C@@H]3CCS(=O)(=O)C3)CC2)oc2ccccc12. The van der Waals surface area contributed by atoms with Gasteiger partial charge in [-0.3, -0.25) is 9.69 Å². The van der Waals surface area contributed by atoms with Gasteiger partial charge in [0.15, 0.2) is 15.6 Å². The van der Waals surface area contributed by atoms with Crippen molar-refractivity contribution >= 4 is 26.7 Å². The summed E-state index contributed by atoms with van der Waals surface area (Å²) >= 11 is 0. The number of carbonyl (C=O) groups is 1. The van der Waals surface area contributed by atoms with Crippen LogP contribution in [0.4, 0.5) is 0 Å². The van der Waals surface area contributed by atoms with Crippen LogP contribution in [0.3, 0.4) is 0 Å². The number of carbonyl (C=O) groups excluding carboxylic acids is 1. The first-order chi connectivity index (χ1) is 11.9. The van der Waals surface area contributed by atoms with Crippen molar-refractivity contribution in [2.45, 2.75) is 19.4 Å². The molecule has 25 heavy (non-hydrogen) atoms. The highest BCUT2D eigenvalue weighted by Crippen LogP contribution is 2.26. The van der Waals surface area contributed by atoms with E-state index >= 15 is 0 Å². The van der Waals surface area contributed by atoms with Crippen molar-refractivity contribution in [2.24, 2.45) is 0 Å². The van der Waals surface area contributed by atoms with Crippen molar-refractivity contribution in [3.63, 3.8) is 0 Å². The van der Waals surface area contributed by atoms with E-state index in [1.807, 2.05) is 36.1 Å². The first-order valence-electron chi connectivity index (χ1n) is 8.66. The molecule has 7 heteroatoms. The summed E-state index contributed by atoms with van der Waals surface area (Å²) in [5, 5.41) is 0.973. The van der Waals surface area contributed by atoms with E-state index in [4.69, 9.17) is 4.42 Å². The Morgan fingerprint density at radius 3 is 2.52 bits per heavy atom. The van der Waals surface area contributed by atoms with Crippen LogP contribution >= 0.6 is 0 Å². The third kappa shape index (κ3) is 3.06. The van der Waals surface area contributed by atoms with Crippen LogP contribution < -0.4 is 0 Å². The molecule has 3 heterocycles. The molecule has 2 aromatic rings. The molecule has 1 aromatic carbocycles. The van der Waals surface area contributed by atoms with E-state index in [0.717, 1.165) is 16.5 Å². The molecule has 2 fully saturated rings. The maximum Gasteiger partial charge on any atom is 0.289 e. The largest absolute Gasteiger partial charge is 0.451 e. The maximum absolute atomic E-state index is 12.8. The van der Waals surface area contributed by atoms with Crippen LogP contribution in [-0.2, 0) is 9.84 Å². The molecule has 0 bridgehead atoms. The average molecular weight is 362 g/mol. The summed E-state index contributed by atoms with van der Waals surface area (Å²) in [5.74, 6) is 0.879. The number of rotatable bonds is 2. The van der Waals surface area contributed by atoms with Gasteiger partial charge in [-0.2, -0.15) is 0 Å². The Morgan fingerprint density at radius 1 is 1.16 bits per heavy atom. The molecule has 2 saturated heterocycles. The number of benzene rings is 1. The highest BCUT2D eigenvalue weighted by atomic mass is 32.2. The monoisotopic (exact) mass is 362 g/mol. The van der Waals surface area contributed by atoms with E-state index in [1.165, 1.54) is 0 Å². The number of sulfone groups is 1. The zero-order valence-electron chi connectivity index (χ0n) is 14.3. The molecule has 0 aliphatic carbocycles. The summed E-state index contributed by atoms with van der Waals surface area (Å²) in [6.07, 6.45) is 0.707. The molecule has 2 aliphatic heterocycles. The number of fused-ring (bicyclic) bond motifs is 1. The van der Waals surface area contributed by atoms with Gasteiger partial charge in [0.05, 0.1) is 11.5 Å². The Bertz CT molecular complexity index is 910. The minimum Gasteiger partial charge on any atom is -0.451 e. The van der Waals surface area contributed by atoms with Crippen molar-refractivity contribution in [1.29, 1.82) is 0 Å². The van der Waals surface area contributed by atoms with Gasteiger partial charge in [0.25, 0.3) is 5.91 Å². The lowest BCUT2D eigenvalue weighted by Gasteiger charge is -2.37. The Labute approximate surface area is 147 Å². The summed E-state index contributed by atoms with van der Waals surface area (Å²) in [6, 6.07) is 7.78. The van der Waals surface area contributed by atoms with Crippen LogP contribution in [0.5, 0.6) is 0 Å². The standard InChI is InChI=1S/C18H22N2O4S/c1-13-15-4-2-3-5-16(15)24-17(13)18(21)20-9-7-19(8-10-20)14-6-11-25(22,23)12-14/h2-5,14H,6-12H2,1H3/t14-/m1/s1. The van der Waals surface area contributed by atoms with Crippen molar-refractivity contribution in [2.75, 3.05) is 37.7 Å². The molecule has 0 N–H and O–H groups in total. The van der Waals surface area contributed by atoms with Crippen LogP contribution in [0.25, 0.3) is 11.0 Å². The van der Waals surface area contributed by atoms with Gasteiger partial charge < -0.3 is 9.32 Å². The molecule has 134 valence electrons. The molecular formula is C18H22N2O4S. The highest BCUT2D eigenvalue weighted by Gasteiger charge is 2.35. The Morgan fingerprint density at radius 2 is 1.88 bits per heavy atom. The quantitative estimate of drug-likeness (QED) is 0.813. The van der Waals surface area contributed by atoms with E-state index in [9.17, 15) is 13.2 Å². The maximum atomic E-state index is 12.8. The lowest BCUT2D eigenvalue weighted by Crippen LogP contribution is -2.52. The Kier molecular flexibility index (Phi) is 4.08. The normalized spacial score (nSPS) is 24.0. The summed E-state index contributed by atoms with van der Waals surface area (Å²) < 4.78 is 29.1. The second-order valence-electron chi connectivity index (χ2n) is 6.94. The van der Waals surface area contributed by atoms with E-state index in [2.05, 4.69) is 4.90 Å². The van der Waals surface area contributed by atoms with Crippen molar-refractivity contribution in [3.05, 3.63) is 35.6 Å². The first kappa shape index (κ1) is 16.6. The third-order valence-corrected chi connectivity index (χ3v) is 7.11. The summed E-state index contributed by atoms with van der Waals surface area (Å²) in [4.78, 5) is 16.9. The van der Waals surface area contributed by atoms with Gasteiger partial charge in [-0.15, -0.1) is 0 Å². The Balaban J connectivity index is 1.45. The van der Waals surface area contributed by atoms with Crippen molar-refractivity contribution in [3.8, 4) is 0 Å². The topological polar surface area (TPSA) is 70.8 Å². The number of furan rings is 1. The molecule has 6 nitrogen and oxygen atoms in total. The van der Waals surface area contributed by atoms with Gasteiger partial charge in [-0.05, 0) is 19.4 Å². The number of hydrogen-bond acceptors (Lipinski definition) is 5. The summed E-state index contributed by atoms with van der Waals surface area (Å²) in [7, 11) is -2.88. The second kappa shape index (κ2) is 6.14. The molecule has 2 aliphatic rings. The predicted molar refractivity (Wildman–Crippen MR) is 95.5 cm³/mol. The molecule has 4 rings (SSSR count). The van der Waals surface area contributed by atoms with E-state index in [0.29, 0.717) is 38.4 Å². The minimum absolute atomic E-state index is 0.0765. The molecule has 0 unspecified atom stereocenters. The fraction of sp³-hybridized carbons (Fsp3) is 0.500. The van der Waals surface area contributed by atoms with Crippen LogP contribution in [0.2, 0.25) is 0 Å². The lowest BCUT2D eigenvalue weighted by molar-refractivity contribution is 0.0560. The molecule has 1 atom stereocenters. The van der Waals surface area contributed by atoms with E-state index < -0.39 is 9.84 Å². The van der Waals surface area contributed by atoms with Crippen LogP contribution in [-0.4, -0.2) is 67.9 Å². The first-order valence-corrected chi connectivity index (χ1v) is 10.5. The third-order valence-electron chi connectivity index (χ3n) is 5.36. The number of para-hydroxylation sites is 1. The molecule has 1 amide bonds. The van der Waals surface area contributed by atoms with Crippen LogP contribution in [0.15, 0.2) is 28.7 Å². The minimum atomic E-state index is -2.88. The summed E-state index contributed by atoms with van der Waals surface area (Å²) in [6.45, 7) is 4.55. The van der Waals surface area contributed by atoms with E-state index in [1.54, 1.807) is 0 Å². The van der Waals surface area contributed by atoms with Crippen molar-refractivity contribution in [1.82, 2.24) is 9.80 Å². The van der Waals surface area contributed by atoms with Gasteiger partial charge in [0.1, 0.15) is 5.58 Å². The molecule has 0 spiro atoms. The fourth-order valence-corrected chi connectivity index (χ4v) is 5.64. The fourth-order valence-electron chi connectivity index (χ4n) is 3.88. The number of nitrogens with zero attached hydrogens (tertiary/aromatic N) is 2. The number of piperazine rings is 1. The molecule has 0 radical (unpaired) electrons. The van der Waals surface area contributed by atoms with Gasteiger partial charge in [-0.25, -0.2) is 8.42 Å². The highest BCUT2D eigenvalue weighted by molar-refractivity contribution is 7.91. The summed E-state index contributed by atoms with van der Waals surface area (Å²) in [5.41, 5.74) is 1.61. The molecular weight excluding hydrogens is 340 g/mol. The smallest absolute Gasteiger partial charge is 0.289 e. The van der Waals surface area contributed by atoms with Gasteiger partial charge in [0, 0.05) is 43.2 Å². The van der Waals surface area contributed by atoms with Crippen LogP contribution in [0, 0.1) is 6.92 Å². The van der Waals surface area contributed by atoms with Gasteiger partial charge in [0.2, 0.25) is 0 Å². The molecule has 0 saturated carbocycles. The van der Waals surface area contributed by atoms with Gasteiger partial charge >= 0.3 is 0 Å². The average Bonchev–Trinajstić information content (AvgIpc) is 3.15. The molecule has 1 aromatic heterocycles. The van der Waals surface area contributed by atoms with Crippen LogP contribution in [0.1, 0.15) is 22.5 Å².